The lowest BCUT2D eigenvalue weighted by Crippen LogP contribution is -2.22. The Morgan fingerprint density at radius 2 is 1.96 bits per heavy atom. The zero-order chi connectivity index (χ0) is 20.4. The van der Waals surface area contributed by atoms with Crippen molar-refractivity contribution in [3.05, 3.63) is 57.9 Å². The van der Waals surface area contributed by atoms with Crippen LogP contribution in [0.5, 0.6) is 0 Å². The van der Waals surface area contributed by atoms with Gasteiger partial charge in [0.05, 0.1) is 17.6 Å². The van der Waals surface area contributed by atoms with E-state index in [4.69, 9.17) is 4.74 Å². The van der Waals surface area contributed by atoms with Gasteiger partial charge >= 0.3 is 5.97 Å². The molecule has 1 amide bonds. The van der Waals surface area contributed by atoms with Crippen LogP contribution in [0, 0.1) is 20.8 Å². The smallest absolute Gasteiger partial charge is 0.342 e. The summed E-state index contributed by atoms with van der Waals surface area (Å²) in [5.74, 6) is -0.579. The van der Waals surface area contributed by atoms with Crippen LogP contribution in [0.1, 0.15) is 39.8 Å². The second-order valence-corrected chi connectivity index (χ2v) is 7.42. The number of amides is 1. The molecule has 8 heteroatoms. The van der Waals surface area contributed by atoms with Crippen molar-refractivity contribution >= 4 is 34.0 Å². The SMILES string of the molecule is CC(=O)N(c1ccc(C)c(C)c1)c1nc(COC(=O)c2cnn(C)c2C)cs1. The van der Waals surface area contributed by atoms with Crippen LogP contribution in [0.4, 0.5) is 10.8 Å². The van der Waals surface area contributed by atoms with Gasteiger partial charge < -0.3 is 4.74 Å². The summed E-state index contributed by atoms with van der Waals surface area (Å²) >= 11 is 1.33. The number of aromatic nitrogens is 3. The summed E-state index contributed by atoms with van der Waals surface area (Å²) in [4.78, 5) is 30.5. The molecule has 0 aliphatic rings. The minimum Gasteiger partial charge on any atom is -0.455 e. The van der Waals surface area contributed by atoms with Crippen molar-refractivity contribution in [1.29, 1.82) is 0 Å². The van der Waals surface area contributed by atoms with Crippen LogP contribution >= 0.6 is 11.3 Å². The predicted molar refractivity (Wildman–Crippen MR) is 108 cm³/mol. The van der Waals surface area contributed by atoms with Gasteiger partial charge in [-0.15, -0.1) is 11.3 Å². The molecule has 0 radical (unpaired) electrons. The maximum absolute atomic E-state index is 12.2. The van der Waals surface area contributed by atoms with Crippen LogP contribution < -0.4 is 4.90 Å². The molecule has 7 nitrogen and oxygen atoms in total. The topological polar surface area (TPSA) is 77.3 Å². The summed E-state index contributed by atoms with van der Waals surface area (Å²) in [5.41, 5.74) is 4.77. The molecule has 0 N–H and O–H groups in total. The standard InChI is InChI=1S/C20H22N4O3S/c1-12-6-7-17(8-13(12)2)24(15(4)25)20-22-16(11-28-20)10-27-19(26)18-9-21-23(5)14(18)3/h6-9,11H,10H2,1-5H3. The van der Waals surface area contributed by atoms with Gasteiger partial charge in [-0.3, -0.25) is 14.4 Å². The number of carbonyl (C=O) groups is 2. The van der Waals surface area contributed by atoms with E-state index in [1.54, 1.807) is 28.9 Å². The third-order valence-electron chi connectivity index (χ3n) is 4.60. The monoisotopic (exact) mass is 398 g/mol. The molecule has 3 aromatic rings. The molecule has 0 bridgehead atoms. The predicted octanol–water partition coefficient (Wildman–Crippen LogP) is 3.84. The van der Waals surface area contributed by atoms with Crippen LogP contribution in [-0.2, 0) is 23.2 Å². The Morgan fingerprint density at radius 3 is 2.57 bits per heavy atom. The molecule has 0 saturated carbocycles. The number of carbonyl (C=O) groups excluding carboxylic acids is 2. The average Bonchev–Trinajstić information content (AvgIpc) is 3.23. The minimum absolute atomic E-state index is 0.0301. The van der Waals surface area contributed by atoms with E-state index < -0.39 is 5.97 Å². The molecule has 0 aliphatic carbocycles. The second-order valence-electron chi connectivity index (χ2n) is 6.59. The average molecular weight is 398 g/mol. The van der Waals surface area contributed by atoms with Gasteiger partial charge in [-0.05, 0) is 44.0 Å². The molecule has 2 aromatic heterocycles. The highest BCUT2D eigenvalue weighted by Gasteiger charge is 2.20. The van der Waals surface area contributed by atoms with Crippen LogP contribution in [0.15, 0.2) is 29.8 Å². The number of hydrogen-bond acceptors (Lipinski definition) is 6. The van der Waals surface area contributed by atoms with Gasteiger partial charge in [0.15, 0.2) is 5.13 Å². The molecular formula is C20H22N4O3S. The Kier molecular flexibility index (Phi) is 5.60. The van der Waals surface area contributed by atoms with Crippen molar-refractivity contribution in [3.63, 3.8) is 0 Å². The highest BCUT2D eigenvalue weighted by molar-refractivity contribution is 7.14. The summed E-state index contributed by atoms with van der Waals surface area (Å²) < 4.78 is 6.97. The minimum atomic E-state index is -0.447. The molecule has 3 rings (SSSR count). The number of esters is 1. The molecule has 1 aromatic carbocycles. The van der Waals surface area contributed by atoms with E-state index in [1.165, 1.54) is 24.5 Å². The number of anilines is 2. The maximum Gasteiger partial charge on any atom is 0.342 e. The van der Waals surface area contributed by atoms with Crippen LogP contribution in [0.3, 0.4) is 0 Å². The van der Waals surface area contributed by atoms with E-state index in [0.717, 1.165) is 22.5 Å². The normalized spacial score (nSPS) is 10.8. The zero-order valence-corrected chi connectivity index (χ0v) is 17.3. The number of benzene rings is 1. The highest BCUT2D eigenvalue weighted by atomic mass is 32.1. The molecule has 146 valence electrons. The first-order valence-electron chi connectivity index (χ1n) is 8.76. The van der Waals surface area contributed by atoms with Gasteiger partial charge in [0, 0.05) is 25.0 Å². The molecule has 0 unspecified atom stereocenters. The largest absolute Gasteiger partial charge is 0.455 e. The number of rotatable bonds is 5. The fourth-order valence-corrected chi connectivity index (χ4v) is 3.54. The Bertz CT molecular complexity index is 1040. The first-order valence-corrected chi connectivity index (χ1v) is 9.64. The fraction of sp³-hybridized carbons (Fsp3) is 0.300. The van der Waals surface area contributed by atoms with Gasteiger partial charge in [0.2, 0.25) is 5.91 Å². The number of nitrogens with zero attached hydrogens (tertiary/aromatic N) is 4. The second kappa shape index (κ2) is 7.93. The Labute approximate surface area is 167 Å². The van der Waals surface area contributed by atoms with Crippen molar-refractivity contribution in [1.82, 2.24) is 14.8 Å². The summed E-state index contributed by atoms with van der Waals surface area (Å²) in [7, 11) is 1.77. The molecule has 28 heavy (non-hydrogen) atoms. The van der Waals surface area contributed by atoms with Crippen LogP contribution in [0.2, 0.25) is 0 Å². The van der Waals surface area contributed by atoms with E-state index >= 15 is 0 Å². The lowest BCUT2D eigenvalue weighted by atomic mass is 10.1. The third kappa shape index (κ3) is 3.96. The summed E-state index contributed by atoms with van der Waals surface area (Å²) in [6, 6.07) is 5.84. The lowest BCUT2D eigenvalue weighted by molar-refractivity contribution is -0.115. The number of aryl methyl sites for hydroxylation is 3. The van der Waals surface area contributed by atoms with Crippen molar-refractivity contribution in [2.45, 2.75) is 34.3 Å². The lowest BCUT2D eigenvalue weighted by Gasteiger charge is -2.19. The summed E-state index contributed by atoms with van der Waals surface area (Å²) in [6.07, 6.45) is 1.49. The molecule has 2 heterocycles. The summed E-state index contributed by atoms with van der Waals surface area (Å²) in [6.45, 7) is 7.37. The number of thiazole rings is 1. The first kappa shape index (κ1) is 19.8. The first-order chi connectivity index (χ1) is 13.3. The van der Waals surface area contributed by atoms with Crippen LogP contribution in [0.25, 0.3) is 0 Å². The molecule has 0 atom stereocenters. The van der Waals surface area contributed by atoms with Crippen molar-refractivity contribution in [2.24, 2.45) is 7.05 Å². The highest BCUT2D eigenvalue weighted by Crippen LogP contribution is 2.30. The Morgan fingerprint density at radius 1 is 1.21 bits per heavy atom. The zero-order valence-electron chi connectivity index (χ0n) is 16.5. The molecule has 0 saturated heterocycles. The molecular weight excluding hydrogens is 376 g/mol. The van der Waals surface area contributed by atoms with Gasteiger partial charge in [-0.25, -0.2) is 9.78 Å². The quantitative estimate of drug-likeness (QED) is 0.610. The molecule has 0 fully saturated rings. The molecule has 0 aliphatic heterocycles. The fourth-order valence-electron chi connectivity index (χ4n) is 2.67. The van der Waals surface area contributed by atoms with Crippen molar-refractivity contribution in [2.75, 3.05) is 4.90 Å². The van der Waals surface area contributed by atoms with Gasteiger partial charge in [0.1, 0.15) is 12.2 Å². The van der Waals surface area contributed by atoms with E-state index in [9.17, 15) is 9.59 Å². The summed E-state index contributed by atoms with van der Waals surface area (Å²) in [5, 5.41) is 6.37. The van der Waals surface area contributed by atoms with Gasteiger partial charge in [-0.1, -0.05) is 6.07 Å². The van der Waals surface area contributed by atoms with Crippen molar-refractivity contribution in [3.8, 4) is 0 Å². The van der Waals surface area contributed by atoms with E-state index in [1.807, 2.05) is 32.0 Å². The van der Waals surface area contributed by atoms with E-state index in [2.05, 4.69) is 10.1 Å². The third-order valence-corrected chi connectivity index (χ3v) is 5.48. The molecule has 0 spiro atoms. The van der Waals surface area contributed by atoms with Crippen LogP contribution in [-0.4, -0.2) is 26.6 Å². The number of hydrogen-bond donors (Lipinski definition) is 0. The maximum atomic E-state index is 12.2. The van der Waals surface area contributed by atoms with E-state index in [0.29, 0.717) is 16.4 Å². The Hall–Kier alpha value is -3.00. The number of ether oxygens (including phenoxy) is 1. The van der Waals surface area contributed by atoms with Crippen molar-refractivity contribution < 1.29 is 14.3 Å². The van der Waals surface area contributed by atoms with Gasteiger partial charge in [0.25, 0.3) is 0 Å². The van der Waals surface area contributed by atoms with Gasteiger partial charge in [-0.2, -0.15) is 5.10 Å². The Balaban J connectivity index is 1.76. The van der Waals surface area contributed by atoms with E-state index in [-0.39, 0.29) is 12.5 Å².